The number of anilines is 1. The van der Waals surface area contributed by atoms with Gasteiger partial charge in [-0.2, -0.15) is 18.4 Å². The predicted molar refractivity (Wildman–Crippen MR) is 166 cm³/mol. The molecule has 0 saturated carbocycles. The van der Waals surface area contributed by atoms with Crippen molar-refractivity contribution < 1.29 is 46.6 Å². The summed E-state index contributed by atoms with van der Waals surface area (Å²) in [6.07, 6.45) is -4.75. The number of ether oxygens (including phenoxy) is 3. The Morgan fingerprint density at radius 3 is 2.17 bits per heavy atom. The first-order valence-electron chi connectivity index (χ1n) is 14.7. The summed E-state index contributed by atoms with van der Waals surface area (Å²) >= 11 is 0. The van der Waals surface area contributed by atoms with Crippen LogP contribution in [0.5, 0.6) is 0 Å². The van der Waals surface area contributed by atoms with Crippen LogP contribution >= 0.6 is 0 Å². The molecule has 48 heavy (non-hydrogen) atoms. The molecule has 0 radical (unpaired) electrons. The largest absolute Gasteiger partial charge is 0.459 e. The molecular weight excluding hydrogens is 631 g/mol. The molecule has 0 aromatic heterocycles. The van der Waals surface area contributed by atoms with Gasteiger partial charge in [0.05, 0.1) is 34.5 Å². The Kier molecular flexibility index (Phi) is 10.6. The molecule has 0 saturated heterocycles. The topological polar surface area (TPSA) is 126 Å². The molecule has 4 rings (SSSR count). The number of halogens is 3. The first-order valence-corrected chi connectivity index (χ1v) is 14.7. The van der Waals surface area contributed by atoms with Crippen molar-refractivity contribution in [2.24, 2.45) is 0 Å². The van der Waals surface area contributed by atoms with Gasteiger partial charge >= 0.3 is 30.1 Å². The molecule has 0 fully saturated rings. The fourth-order valence-electron chi connectivity index (χ4n) is 4.98. The Bertz CT molecular complexity index is 1760. The summed E-state index contributed by atoms with van der Waals surface area (Å²) in [5, 5.41) is 9.33. The SMILES string of the molecule is CC1=C(C(=O)OCC(=O)OCc2ccccc2)C(c2ccc(C#N)cc2)N(CC(=O)OC(C)(C)C)C(=O)N1c1cccc(C(F)(F)F)c1. The number of rotatable bonds is 9. The highest BCUT2D eigenvalue weighted by molar-refractivity contribution is 6.04. The van der Waals surface area contributed by atoms with E-state index in [2.05, 4.69) is 0 Å². The molecule has 1 aliphatic rings. The molecule has 250 valence electrons. The lowest BCUT2D eigenvalue weighted by molar-refractivity contribution is -0.158. The van der Waals surface area contributed by atoms with Crippen LogP contribution in [-0.2, 0) is 41.4 Å². The fourth-order valence-corrected chi connectivity index (χ4v) is 4.98. The van der Waals surface area contributed by atoms with Crippen molar-refractivity contribution in [3.63, 3.8) is 0 Å². The molecule has 0 N–H and O–H groups in total. The highest BCUT2D eigenvalue weighted by atomic mass is 19.4. The van der Waals surface area contributed by atoms with Gasteiger partial charge in [-0.15, -0.1) is 0 Å². The van der Waals surface area contributed by atoms with Crippen LogP contribution in [0, 0.1) is 11.3 Å². The molecule has 0 bridgehead atoms. The maximum absolute atomic E-state index is 14.2. The summed E-state index contributed by atoms with van der Waals surface area (Å²) in [5.74, 6) is -2.85. The first kappa shape index (κ1) is 35.2. The van der Waals surface area contributed by atoms with Gasteiger partial charge in [-0.1, -0.05) is 48.5 Å². The van der Waals surface area contributed by atoms with E-state index in [1.807, 2.05) is 6.07 Å². The van der Waals surface area contributed by atoms with Crippen LogP contribution in [0.3, 0.4) is 0 Å². The van der Waals surface area contributed by atoms with Crippen molar-refractivity contribution in [2.45, 2.75) is 52.1 Å². The van der Waals surface area contributed by atoms with Crippen molar-refractivity contribution in [1.29, 1.82) is 5.26 Å². The Labute approximate surface area is 274 Å². The quantitative estimate of drug-likeness (QED) is 0.189. The minimum absolute atomic E-state index is 0.0890. The second-order valence-electron chi connectivity index (χ2n) is 11.7. The van der Waals surface area contributed by atoms with Crippen molar-refractivity contribution >= 4 is 29.6 Å². The number of nitrogens with zero attached hydrogens (tertiary/aromatic N) is 3. The normalized spacial score (nSPS) is 15.1. The summed E-state index contributed by atoms with van der Waals surface area (Å²) in [6.45, 7) is 4.53. The van der Waals surface area contributed by atoms with Gasteiger partial charge in [0.1, 0.15) is 18.8 Å². The summed E-state index contributed by atoms with van der Waals surface area (Å²) in [4.78, 5) is 55.6. The highest BCUT2D eigenvalue weighted by Crippen LogP contribution is 2.41. The van der Waals surface area contributed by atoms with Crippen molar-refractivity contribution in [3.8, 4) is 6.07 Å². The van der Waals surface area contributed by atoms with E-state index in [9.17, 15) is 37.6 Å². The van der Waals surface area contributed by atoms with Crippen LogP contribution in [0.1, 0.15) is 56.0 Å². The lowest BCUT2D eigenvalue weighted by Crippen LogP contribution is -2.53. The zero-order valence-electron chi connectivity index (χ0n) is 26.5. The zero-order chi connectivity index (χ0) is 35.2. The van der Waals surface area contributed by atoms with Crippen LogP contribution in [0.15, 0.2) is 90.1 Å². The number of nitriles is 1. The molecule has 13 heteroatoms. The summed E-state index contributed by atoms with van der Waals surface area (Å²) < 4.78 is 57.1. The number of esters is 3. The predicted octanol–water partition coefficient (Wildman–Crippen LogP) is 6.46. The molecule has 1 unspecified atom stereocenters. The van der Waals surface area contributed by atoms with Crippen LogP contribution in [-0.4, -0.2) is 47.6 Å². The van der Waals surface area contributed by atoms with Crippen LogP contribution in [0.2, 0.25) is 0 Å². The molecule has 2 amide bonds. The lowest BCUT2D eigenvalue weighted by atomic mass is 9.92. The average molecular weight is 664 g/mol. The van der Waals surface area contributed by atoms with Crippen LogP contribution in [0.25, 0.3) is 0 Å². The molecular formula is C35H32F3N3O7. The second kappa shape index (κ2) is 14.4. The van der Waals surface area contributed by atoms with Crippen molar-refractivity contribution in [2.75, 3.05) is 18.1 Å². The number of carbonyl (C=O) groups excluding carboxylic acids is 4. The average Bonchev–Trinajstić information content (AvgIpc) is 3.03. The van der Waals surface area contributed by atoms with Gasteiger partial charge in [0.15, 0.2) is 6.61 Å². The number of urea groups is 1. The maximum atomic E-state index is 14.2. The van der Waals surface area contributed by atoms with Crippen LogP contribution in [0.4, 0.5) is 23.7 Å². The fraction of sp³-hybridized carbons (Fsp3) is 0.286. The third-order valence-electron chi connectivity index (χ3n) is 7.04. The zero-order valence-corrected chi connectivity index (χ0v) is 26.5. The van der Waals surface area contributed by atoms with Gasteiger partial charge in [0.25, 0.3) is 0 Å². The number of hydrogen-bond acceptors (Lipinski definition) is 8. The van der Waals surface area contributed by atoms with Gasteiger partial charge in [-0.25, -0.2) is 14.4 Å². The minimum Gasteiger partial charge on any atom is -0.459 e. The third-order valence-corrected chi connectivity index (χ3v) is 7.04. The van der Waals surface area contributed by atoms with E-state index >= 15 is 0 Å². The summed E-state index contributed by atoms with van der Waals surface area (Å²) in [7, 11) is 0. The molecule has 3 aromatic carbocycles. The van der Waals surface area contributed by atoms with E-state index in [-0.39, 0.29) is 34.7 Å². The number of allylic oxidation sites excluding steroid dienone is 1. The number of amides is 2. The number of benzene rings is 3. The first-order chi connectivity index (χ1) is 22.6. The Hall–Kier alpha value is -5.64. The standard InChI is InChI=1S/C35H32F3N3O7/c1-22-30(32(44)47-21-29(43)46-20-24-9-6-5-7-10-24)31(25-15-13-23(18-39)14-16-25)40(19-28(42)48-34(2,3)4)33(45)41(22)27-12-8-11-26(17-27)35(36,37)38/h5-17,31H,19-21H2,1-4H3. The Morgan fingerprint density at radius 2 is 1.56 bits per heavy atom. The number of hydrogen-bond donors (Lipinski definition) is 0. The molecule has 3 aromatic rings. The Balaban J connectivity index is 1.80. The van der Waals surface area contributed by atoms with E-state index in [1.54, 1.807) is 51.1 Å². The van der Waals surface area contributed by atoms with E-state index in [0.717, 1.165) is 28.0 Å². The molecule has 1 heterocycles. The van der Waals surface area contributed by atoms with Crippen molar-refractivity contribution in [1.82, 2.24) is 4.90 Å². The van der Waals surface area contributed by atoms with E-state index < -0.39 is 60.5 Å². The monoisotopic (exact) mass is 663 g/mol. The lowest BCUT2D eigenvalue weighted by Gasteiger charge is -2.42. The summed E-state index contributed by atoms with van der Waals surface area (Å²) in [5.41, 5.74) is -1.41. The molecule has 1 atom stereocenters. The van der Waals surface area contributed by atoms with E-state index in [4.69, 9.17) is 14.2 Å². The van der Waals surface area contributed by atoms with E-state index in [1.165, 1.54) is 37.3 Å². The van der Waals surface area contributed by atoms with Gasteiger partial charge < -0.3 is 19.1 Å². The van der Waals surface area contributed by atoms with Gasteiger partial charge in [0, 0.05) is 5.70 Å². The number of alkyl halides is 3. The van der Waals surface area contributed by atoms with Crippen LogP contribution < -0.4 is 4.90 Å². The smallest absolute Gasteiger partial charge is 0.416 e. The summed E-state index contributed by atoms with van der Waals surface area (Å²) in [6, 6.07) is 18.2. The van der Waals surface area contributed by atoms with Gasteiger partial charge in [0.2, 0.25) is 0 Å². The molecule has 1 aliphatic heterocycles. The molecule has 0 spiro atoms. The number of carbonyl (C=O) groups is 4. The van der Waals surface area contributed by atoms with Gasteiger partial charge in [-0.05, 0) is 69.2 Å². The maximum Gasteiger partial charge on any atom is 0.416 e. The third kappa shape index (κ3) is 8.58. The highest BCUT2D eigenvalue weighted by Gasteiger charge is 2.45. The molecule has 10 nitrogen and oxygen atoms in total. The minimum atomic E-state index is -4.75. The molecule has 0 aliphatic carbocycles. The Morgan fingerprint density at radius 1 is 0.896 bits per heavy atom. The second-order valence-corrected chi connectivity index (χ2v) is 11.7. The van der Waals surface area contributed by atoms with Crippen molar-refractivity contribution in [3.05, 3.63) is 112 Å². The van der Waals surface area contributed by atoms with Gasteiger partial charge in [-0.3, -0.25) is 9.69 Å². The van der Waals surface area contributed by atoms with E-state index in [0.29, 0.717) is 5.56 Å².